The largest absolute Gasteiger partial charge is 0.481 e. The van der Waals surface area contributed by atoms with E-state index in [4.69, 9.17) is 5.11 Å². The number of nitrogens with zero attached hydrogens (tertiary/aromatic N) is 2. The van der Waals surface area contributed by atoms with Gasteiger partial charge in [-0.15, -0.1) is 0 Å². The molecule has 2 atom stereocenters. The van der Waals surface area contributed by atoms with Crippen molar-refractivity contribution in [3.05, 3.63) is 35.9 Å². The molecule has 6 heteroatoms. The molecular formula is C19H24N2O4. The molecular weight excluding hydrogens is 320 g/mol. The standard InChI is InChI=1S/C19H24N2O4/c22-17(23)12-16-9-5-11-21(16)19(25)15-8-4-10-20(13-15)18(24)14-6-2-1-3-7-14/h1-3,6-7,15-16H,4-5,8-13H2,(H,22,23). The first kappa shape index (κ1) is 17.5. The average molecular weight is 344 g/mol. The molecule has 2 aliphatic heterocycles. The molecule has 6 nitrogen and oxygen atoms in total. The van der Waals surface area contributed by atoms with Crippen LogP contribution >= 0.6 is 0 Å². The van der Waals surface area contributed by atoms with Gasteiger partial charge >= 0.3 is 5.97 Å². The summed E-state index contributed by atoms with van der Waals surface area (Å²) in [4.78, 5) is 40.0. The van der Waals surface area contributed by atoms with E-state index in [9.17, 15) is 14.4 Å². The number of aliphatic carboxylic acids is 1. The third-order valence-electron chi connectivity index (χ3n) is 5.15. The molecule has 2 fully saturated rings. The Kier molecular flexibility index (Phi) is 5.36. The van der Waals surface area contributed by atoms with Gasteiger partial charge in [-0.1, -0.05) is 18.2 Å². The highest BCUT2D eigenvalue weighted by atomic mass is 16.4. The van der Waals surface area contributed by atoms with Crippen molar-refractivity contribution in [3.8, 4) is 0 Å². The maximum atomic E-state index is 12.9. The summed E-state index contributed by atoms with van der Waals surface area (Å²) in [6.07, 6.45) is 3.16. The molecule has 2 amide bonds. The van der Waals surface area contributed by atoms with Gasteiger partial charge in [0.1, 0.15) is 0 Å². The van der Waals surface area contributed by atoms with Gasteiger partial charge in [-0.25, -0.2) is 0 Å². The first-order valence-electron chi connectivity index (χ1n) is 8.93. The number of hydrogen-bond donors (Lipinski definition) is 1. The van der Waals surface area contributed by atoms with E-state index in [1.807, 2.05) is 18.2 Å². The minimum Gasteiger partial charge on any atom is -0.481 e. The van der Waals surface area contributed by atoms with Gasteiger partial charge in [0.05, 0.1) is 12.3 Å². The van der Waals surface area contributed by atoms with Crippen LogP contribution in [0.5, 0.6) is 0 Å². The zero-order valence-corrected chi connectivity index (χ0v) is 14.3. The van der Waals surface area contributed by atoms with Crippen molar-refractivity contribution in [2.75, 3.05) is 19.6 Å². The van der Waals surface area contributed by atoms with Crippen molar-refractivity contribution in [3.63, 3.8) is 0 Å². The highest BCUT2D eigenvalue weighted by Gasteiger charge is 2.36. The normalized spacial score (nSPS) is 23.5. The Labute approximate surface area is 147 Å². The van der Waals surface area contributed by atoms with Crippen molar-refractivity contribution < 1.29 is 19.5 Å². The Bertz CT molecular complexity index is 646. The molecule has 0 radical (unpaired) electrons. The van der Waals surface area contributed by atoms with Crippen LogP contribution in [0, 0.1) is 5.92 Å². The van der Waals surface area contributed by atoms with Crippen molar-refractivity contribution in [2.45, 2.75) is 38.1 Å². The van der Waals surface area contributed by atoms with E-state index in [0.717, 1.165) is 25.7 Å². The summed E-state index contributed by atoms with van der Waals surface area (Å²) in [6, 6.07) is 8.91. The first-order chi connectivity index (χ1) is 12.1. The molecule has 25 heavy (non-hydrogen) atoms. The van der Waals surface area contributed by atoms with Gasteiger partial charge in [0.2, 0.25) is 5.91 Å². The molecule has 134 valence electrons. The summed E-state index contributed by atoms with van der Waals surface area (Å²) in [5, 5.41) is 9.03. The lowest BCUT2D eigenvalue weighted by molar-refractivity contribution is -0.141. The molecule has 2 unspecified atom stereocenters. The second-order valence-electron chi connectivity index (χ2n) is 6.88. The van der Waals surface area contributed by atoms with Crippen molar-refractivity contribution in [1.82, 2.24) is 9.80 Å². The van der Waals surface area contributed by atoms with Crippen LogP contribution in [-0.2, 0) is 9.59 Å². The summed E-state index contributed by atoms with van der Waals surface area (Å²) >= 11 is 0. The molecule has 1 aromatic rings. The van der Waals surface area contributed by atoms with Crippen LogP contribution in [-0.4, -0.2) is 58.4 Å². The van der Waals surface area contributed by atoms with Crippen LogP contribution in [0.4, 0.5) is 0 Å². The molecule has 0 spiro atoms. The number of benzene rings is 1. The minimum atomic E-state index is -0.866. The van der Waals surface area contributed by atoms with E-state index in [2.05, 4.69) is 0 Å². The van der Waals surface area contributed by atoms with Gasteiger partial charge in [-0.3, -0.25) is 14.4 Å². The Morgan fingerprint density at radius 3 is 2.48 bits per heavy atom. The molecule has 1 aromatic carbocycles. The Hall–Kier alpha value is -2.37. The highest BCUT2D eigenvalue weighted by Crippen LogP contribution is 2.26. The Balaban J connectivity index is 1.65. The van der Waals surface area contributed by atoms with Gasteiger partial charge in [0.15, 0.2) is 0 Å². The third kappa shape index (κ3) is 4.00. The molecule has 0 bridgehead atoms. The molecule has 2 aliphatic rings. The summed E-state index contributed by atoms with van der Waals surface area (Å²) in [7, 11) is 0. The molecule has 2 heterocycles. The van der Waals surface area contributed by atoms with E-state index in [-0.39, 0.29) is 30.2 Å². The van der Waals surface area contributed by atoms with Gasteiger partial charge in [-0.2, -0.15) is 0 Å². The summed E-state index contributed by atoms with van der Waals surface area (Å²) in [5.41, 5.74) is 0.639. The average Bonchev–Trinajstić information content (AvgIpc) is 3.08. The summed E-state index contributed by atoms with van der Waals surface area (Å²) in [6.45, 7) is 1.71. The SMILES string of the molecule is O=C(O)CC1CCCN1C(=O)C1CCCN(C(=O)c2ccccc2)C1. The van der Waals surface area contributed by atoms with Gasteiger partial charge in [0.25, 0.3) is 5.91 Å². The van der Waals surface area contributed by atoms with E-state index in [1.165, 1.54) is 0 Å². The van der Waals surface area contributed by atoms with Crippen LogP contribution < -0.4 is 0 Å². The zero-order chi connectivity index (χ0) is 17.8. The number of likely N-dealkylation sites (tertiary alicyclic amines) is 2. The Morgan fingerprint density at radius 2 is 1.76 bits per heavy atom. The smallest absolute Gasteiger partial charge is 0.305 e. The van der Waals surface area contributed by atoms with Crippen LogP contribution in [0.2, 0.25) is 0 Å². The molecule has 2 saturated heterocycles. The van der Waals surface area contributed by atoms with Crippen LogP contribution in [0.25, 0.3) is 0 Å². The van der Waals surface area contributed by atoms with E-state index < -0.39 is 5.97 Å². The Morgan fingerprint density at radius 1 is 1.04 bits per heavy atom. The number of carbonyl (C=O) groups excluding carboxylic acids is 2. The number of hydrogen-bond acceptors (Lipinski definition) is 3. The maximum absolute atomic E-state index is 12.9. The lowest BCUT2D eigenvalue weighted by atomic mass is 9.95. The zero-order valence-electron chi connectivity index (χ0n) is 14.3. The third-order valence-corrected chi connectivity index (χ3v) is 5.15. The quantitative estimate of drug-likeness (QED) is 0.906. The monoisotopic (exact) mass is 344 g/mol. The second kappa shape index (κ2) is 7.68. The first-order valence-corrected chi connectivity index (χ1v) is 8.93. The molecule has 0 aliphatic carbocycles. The van der Waals surface area contributed by atoms with Crippen molar-refractivity contribution in [1.29, 1.82) is 0 Å². The van der Waals surface area contributed by atoms with E-state index >= 15 is 0 Å². The fourth-order valence-electron chi connectivity index (χ4n) is 3.90. The number of carboxylic acids is 1. The maximum Gasteiger partial charge on any atom is 0.305 e. The summed E-state index contributed by atoms with van der Waals surface area (Å²) in [5.74, 6) is -1.12. The van der Waals surface area contributed by atoms with Crippen LogP contribution in [0.1, 0.15) is 42.5 Å². The number of carboxylic acid groups (broad SMARTS) is 1. The summed E-state index contributed by atoms with van der Waals surface area (Å²) < 4.78 is 0. The van der Waals surface area contributed by atoms with Gasteiger partial charge in [-0.05, 0) is 37.8 Å². The van der Waals surface area contributed by atoms with Gasteiger partial charge < -0.3 is 14.9 Å². The number of piperidine rings is 1. The molecule has 0 saturated carbocycles. The van der Waals surface area contributed by atoms with Crippen LogP contribution in [0.15, 0.2) is 30.3 Å². The highest BCUT2D eigenvalue weighted by molar-refractivity contribution is 5.94. The lowest BCUT2D eigenvalue weighted by Gasteiger charge is -2.35. The molecule has 0 aromatic heterocycles. The van der Waals surface area contributed by atoms with E-state index in [1.54, 1.807) is 21.9 Å². The molecule has 3 rings (SSSR count). The number of rotatable bonds is 4. The van der Waals surface area contributed by atoms with E-state index in [0.29, 0.717) is 25.2 Å². The fourth-order valence-corrected chi connectivity index (χ4v) is 3.90. The van der Waals surface area contributed by atoms with Crippen molar-refractivity contribution >= 4 is 17.8 Å². The molecule has 1 N–H and O–H groups in total. The second-order valence-corrected chi connectivity index (χ2v) is 6.88. The van der Waals surface area contributed by atoms with Gasteiger partial charge in [0, 0.05) is 31.2 Å². The predicted octanol–water partition coefficient (Wildman–Crippen LogP) is 2.00. The fraction of sp³-hybridized carbons (Fsp3) is 0.526. The topological polar surface area (TPSA) is 77.9 Å². The minimum absolute atomic E-state index is 0.00508. The van der Waals surface area contributed by atoms with Crippen LogP contribution in [0.3, 0.4) is 0 Å². The number of carbonyl (C=O) groups is 3. The predicted molar refractivity (Wildman–Crippen MR) is 92.1 cm³/mol. The van der Waals surface area contributed by atoms with Crippen molar-refractivity contribution in [2.24, 2.45) is 5.92 Å². The number of amides is 2. The lowest BCUT2D eigenvalue weighted by Crippen LogP contribution is -2.48.